The van der Waals surface area contributed by atoms with Crippen molar-refractivity contribution in [1.82, 2.24) is 9.88 Å². The highest BCUT2D eigenvalue weighted by molar-refractivity contribution is 5.68. The standard InChI is InChI=1S/C19H28N2O4/c1-13-6-5-7-15(13)24-16-9-8-14-12-21(10-11-23-17(14)20-16)18(22)25-19(2,3)4/h8-9,13,15H,5-7,10-12H2,1-4H3/t13-,15-/m0/s1. The first-order valence-electron chi connectivity index (χ1n) is 9.09. The molecule has 6 heteroatoms. The maximum absolute atomic E-state index is 12.3. The van der Waals surface area contributed by atoms with Gasteiger partial charge in [0.15, 0.2) is 0 Å². The molecule has 0 aromatic carbocycles. The van der Waals surface area contributed by atoms with Gasteiger partial charge in [0, 0.05) is 11.6 Å². The van der Waals surface area contributed by atoms with Crippen LogP contribution in [0.2, 0.25) is 0 Å². The molecule has 3 rings (SSSR count). The van der Waals surface area contributed by atoms with Gasteiger partial charge in [-0.2, -0.15) is 4.98 Å². The van der Waals surface area contributed by atoms with Crippen molar-refractivity contribution in [3.05, 3.63) is 17.7 Å². The number of ether oxygens (including phenoxy) is 3. The van der Waals surface area contributed by atoms with Crippen molar-refractivity contribution < 1.29 is 19.0 Å². The van der Waals surface area contributed by atoms with Crippen molar-refractivity contribution in [2.75, 3.05) is 13.2 Å². The maximum atomic E-state index is 12.3. The number of rotatable bonds is 2. The van der Waals surface area contributed by atoms with E-state index >= 15 is 0 Å². The van der Waals surface area contributed by atoms with Crippen LogP contribution in [0.1, 0.15) is 52.5 Å². The van der Waals surface area contributed by atoms with Crippen LogP contribution in [-0.2, 0) is 11.3 Å². The number of nitrogens with zero attached hydrogens (tertiary/aromatic N) is 2. The Hall–Kier alpha value is -1.98. The summed E-state index contributed by atoms with van der Waals surface area (Å²) in [6.45, 7) is 9.10. The van der Waals surface area contributed by atoms with Gasteiger partial charge >= 0.3 is 6.09 Å². The zero-order valence-corrected chi connectivity index (χ0v) is 15.6. The van der Waals surface area contributed by atoms with E-state index in [1.54, 1.807) is 4.90 Å². The second-order valence-corrected chi connectivity index (χ2v) is 7.93. The van der Waals surface area contributed by atoms with Gasteiger partial charge in [-0.05, 0) is 52.0 Å². The molecule has 0 radical (unpaired) electrons. The van der Waals surface area contributed by atoms with Gasteiger partial charge in [-0.3, -0.25) is 0 Å². The van der Waals surface area contributed by atoms with E-state index in [1.165, 1.54) is 12.8 Å². The van der Waals surface area contributed by atoms with E-state index in [1.807, 2.05) is 32.9 Å². The molecule has 138 valence electrons. The number of hydrogen-bond acceptors (Lipinski definition) is 5. The van der Waals surface area contributed by atoms with E-state index in [0.29, 0.717) is 37.4 Å². The SMILES string of the molecule is C[C@H]1CCC[C@@H]1Oc1ccc2c(n1)OCCN(C(=O)OC(C)(C)C)C2. The van der Waals surface area contributed by atoms with Crippen LogP contribution in [0.15, 0.2) is 12.1 Å². The van der Waals surface area contributed by atoms with Crippen molar-refractivity contribution in [3.8, 4) is 11.8 Å². The fourth-order valence-corrected chi connectivity index (χ4v) is 3.22. The molecule has 0 bridgehead atoms. The Morgan fingerprint density at radius 1 is 1.32 bits per heavy atom. The number of carbonyl (C=O) groups is 1. The number of fused-ring (bicyclic) bond motifs is 1. The third kappa shape index (κ3) is 4.55. The molecule has 6 nitrogen and oxygen atoms in total. The number of carbonyl (C=O) groups excluding carboxylic acids is 1. The fourth-order valence-electron chi connectivity index (χ4n) is 3.22. The minimum absolute atomic E-state index is 0.231. The maximum Gasteiger partial charge on any atom is 0.410 e. The lowest BCUT2D eigenvalue weighted by molar-refractivity contribution is 0.0225. The van der Waals surface area contributed by atoms with Crippen LogP contribution in [0.25, 0.3) is 0 Å². The molecule has 25 heavy (non-hydrogen) atoms. The summed E-state index contributed by atoms with van der Waals surface area (Å²) >= 11 is 0. The quantitative estimate of drug-likeness (QED) is 0.814. The van der Waals surface area contributed by atoms with E-state index in [2.05, 4.69) is 11.9 Å². The molecule has 1 aliphatic carbocycles. The highest BCUT2D eigenvalue weighted by atomic mass is 16.6. The number of hydrogen-bond donors (Lipinski definition) is 0. The Morgan fingerprint density at radius 2 is 2.12 bits per heavy atom. The Bertz CT molecular complexity index is 626. The predicted octanol–water partition coefficient (Wildman–Crippen LogP) is 3.78. The highest BCUT2D eigenvalue weighted by Gasteiger charge is 2.28. The molecule has 2 atom stereocenters. The topological polar surface area (TPSA) is 60.9 Å². The summed E-state index contributed by atoms with van der Waals surface area (Å²) in [4.78, 5) is 18.5. The van der Waals surface area contributed by atoms with Crippen LogP contribution in [0.5, 0.6) is 11.8 Å². The van der Waals surface area contributed by atoms with Crippen molar-refractivity contribution in [2.24, 2.45) is 5.92 Å². The Labute approximate surface area is 149 Å². The van der Waals surface area contributed by atoms with Crippen LogP contribution in [0.3, 0.4) is 0 Å². The van der Waals surface area contributed by atoms with Gasteiger partial charge in [0.1, 0.15) is 18.3 Å². The largest absolute Gasteiger partial charge is 0.475 e. The van der Waals surface area contributed by atoms with Crippen LogP contribution >= 0.6 is 0 Å². The molecular formula is C19H28N2O4. The minimum atomic E-state index is -0.513. The molecule has 1 aromatic rings. The van der Waals surface area contributed by atoms with Crippen LogP contribution < -0.4 is 9.47 Å². The molecular weight excluding hydrogens is 320 g/mol. The van der Waals surface area contributed by atoms with E-state index in [-0.39, 0.29) is 12.2 Å². The van der Waals surface area contributed by atoms with Gasteiger partial charge in [-0.15, -0.1) is 0 Å². The molecule has 0 saturated heterocycles. The second-order valence-electron chi connectivity index (χ2n) is 7.93. The van der Waals surface area contributed by atoms with Gasteiger partial charge in [0.05, 0.1) is 13.1 Å². The fraction of sp³-hybridized carbons (Fsp3) is 0.684. The third-order valence-electron chi connectivity index (χ3n) is 4.58. The summed E-state index contributed by atoms with van der Waals surface area (Å²) in [7, 11) is 0. The van der Waals surface area contributed by atoms with Crippen LogP contribution in [-0.4, -0.2) is 40.8 Å². The van der Waals surface area contributed by atoms with Crippen molar-refractivity contribution in [1.29, 1.82) is 0 Å². The molecule has 0 unspecified atom stereocenters. The number of pyridine rings is 1. The summed E-state index contributed by atoms with van der Waals surface area (Å²) < 4.78 is 17.2. The second kappa shape index (κ2) is 7.10. The normalized spacial score (nSPS) is 23.4. The minimum Gasteiger partial charge on any atom is -0.475 e. The van der Waals surface area contributed by atoms with Gasteiger partial charge in [-0.25, -0.2) is 4.79 Å². The van der Waals surface area contributed by atoms with E-state index in [0.717, 1.165) is 12.0 Å². The van der Waals surface area contributed by atoms with Crippen molar-refractivity contribution in [3.63, 3.8) is 0 Å². The number of aromatic nitrogens is 1. The summed E-state index contributed by atoms with van der Waals surface area (Å²) in [6.07, 6.45) is 3.39. The van der Waals surface area contributed by atoms with Gasteiger partial charge in [0.25, 0.3) is 0 Å². The molecule has 1 aliphatic heterocycles. The Kier molecular flexibility index (Phi) is 5.06. The number of amides is 1. The highest BCUT2D eigenvalue weighted by Crippen LogP contribution is 2.31. The van der Waals surface area contributed by atoms with E-state index in [9.17, 15) is 4.79 Å². The smallest absolute Gasteiger partial charge is 0.410 e. The first-order valence-corrected chi connectivity index (χ1v) is 9.09. The molecule has 1 saturated carbocycles. The predicted molar refractivity (Wildman–Crippen MR) is 93.8 cm³/mol. The molecule has 1 aromatic heterocycles. The first kappa shape index (κ1) is 17.8. The van der Waals surface area contributed by atoms with E-state index < -0.39 is 5.60 Å². The van der Waals surface area contributed by atoms with Crippen LogP contribution in [0, 0.1) is 5.92 Å². The molecule has 2 aliphatic rings. The van der Waals surface area contributed by atoms with Gasteiger partial charge < -0.3 is 19.1 Å². The van der Waals surface area contributed by atoms with E-state index in [4.69, 9.17) is 14.2 Å². The lowest BCUT2D eigenvalue weighted by Crippen LogP contribution is -2.37. The zero-order valence-electron chi connectivity index (χ0n) is 15.6. The molecule has 1 fully saturated rings. The van der Waals surface area contributed by atoms with Crippen molar-refractivity contribution in [2.45, 2.75) is 65.2 Å². The average molecular weight is 348 g/mol. The zero-order chi connectivity index (χ0) is 18.0. The molecule has 1 amide bonds. The molecule has 2 heterocycles. The monoisotopic (exact) mass is 348 g/mol. The first-order chi connectivity index (χ1) is 11.8. The average Bonchev–Trinajstić information content (AvgIpc) is 2.80. The summed E-state index contributed by atoms with van der Waals surface area (Å²) in [5.74, 6) is 1.71. The summed E-state index contributed by atoms with van der Waals surface area (Å²) in [5.41, 5.74) is 0.358. The van der Waals surface area contributed by atoms with Gasteiger partial charge in [0.2, 0.25) is 11.8 Å². The molecule has 0 N–H and O–H groups in total. The van der Waals surface area contributed by atoms with Gasteiger partial charge in [-0.1, -0.05) is 6.92 Å². The molecule has 0 spiro atoms. The Balaban J connectivity index is 1.69. The summed E-state index contributed by atoms with van der Waals surface area (Å²) in [5, 5.41) is 0. The third-order valence-corrected chi connectivity index (χ3v) is 4.58. The lowest BCUT2D eigenvalue weighted by atomic mass is 10.1. The summed E-state index contributed by atoms with van der Waals surface area (Å²) in [6, 6.07) is 3.80. The van der Waals surface area contributed by atoms with Crippen molar-refractivity contribution >= 4 is 6.09 Å². The van der Waals surface area contributed by atoms with Crippen LogP contribution in [0.4, 0.5) is 4.79 Å². The lowest BCUT2D eigenvalue weighted by Gasteiger charge is -2.26. The Morgan fingerprint density at radius 3 is 2.80 bits per heavy atom.